The molecule has 11 heteroatoms. The number of nitrogens with one attached hydrogen (secondary N) is 2. The van der Waals surface area contributed by atoms with Crippen molar-refractivity contribution in [3.8, 4) is 0 Å². The van der Waals surface area contributed by atoms with Crippen molar-refractivity contribution in [2.45, 2.75) is 38.5 Å². The Labute approximate surface area is 134 Å². The van der Waals surface area contributed by atoms with E-state index in [1.807, 2.05) is 19.2 Å². The van der Waals surface area contributed by atoms with Crippen LogP contribution >= 0.6 is 11.3 Å². The van der Waals surface area contributed by atoms with Gasteiger partial charge in [0, 0.05) is 25.2 Å². The van der Waals surface area contributed by atoms with Gasteiger partial charge in [0.15, 0.2) is 0 Å². The summed E-state index contributed by atoms with van der Waals surface area (Å²) in [6.45, 7) is 5.51. The van der Waals surface area contributed by atoms with Crippen LogP contribution in [0.3, 0.4) is 0 Å². The van der Waals surface area contributed by atoms with Crippen LogP contribution in [0, 0.1) is 0 Å². The van der Waals surface area contributed by atoms with E-state index < -0.39 is 23.0 Å². The highest BCUT2D eigenvalue weighted by molar-refractivity contribution is 7.15. The molecule has 0 spiro atoms. The minimum atomic E-state index is -4.63. The average molecular weight is 351 g/mol. The highest BCUT2D eigenvalue weighted by Crippen LogP contribution is 2.32. The van der Waals surface area contributed by atoms with Gasteiger partial charge in [-0.05, 0) is 20.3 Å². The van der Waals surface area contributed by atoms with Crippen LogP contribution < -0.4 is 10.6 Å². The van der Waals surface area contributed by atoms with E-state index in [0.717, 1.165) is 6.54 Å². The number of likely N-dealkylation sites (tertiary alicyclic amines) is 1. The maximum absolute atomic E-state index is 12.4. The molecule has 23 heavy (non-hydrogen) atoms. The van der Waals surface area contributed by atoms with Gasteiger partial charge in [-0.25, -0.2) is 0 Å². The lowest BCUT2D eigenvalue weighted by Gasteiger charge is -2.20. The molecule has 2 amide bonds. The molecule has 0 aliphatic carbocycles. The monoisotopic (exact) mass is 351 g/mol. The first-order valence-corrected chi connectivity index (χ1v) is 7.75. The predicted molar refractivity (Wildman–Crippen MR) is 76.8 cm³/mol. The Bertz CT molecular complexity index is 589. The molecule has 1 aromatic rings. The van der Waals surface area contributed by atoms with Crippen LogP contribution in [-0.2, 0) is 15.8 Å². The SMILES string of the molecule is CC(C)N1CCC(NC(=O)C(=O)Nc2nnc(C(F)(F)F)s2)C1. The largest absolute Gasteiger partial charge is 0.445 e. The number of rotatable bonds is 3. The fourth-order valence-electron chi connectivity index (χ4n) is 2.17. The van der Waals surface area contributed by atoms with Crippen LogP contribution in [0.1, 0.15) is 25.3 Å². The van der Waals surface area contributed by atoms with Crippen LogP contribution in [-0.4, -0.2) is 52.1 Å². The van der Waals surface area contributed by atoms with E-state index in [9.17, 15) is 22.8 Å². The molecule has 0 bridgehead atoms. The van der Waals surface area contributed by atoms with Crippen molar-refractivity contribution < 1.29 is 22.8 Å². The third kappa shape index (κ3) is 4.61. The van der Waals surface area contributed by atoms with Gasteiger partial charge in [0.2, 0.25) is 10.1 Å². The quantitative estimate of drug-likeness (QED) is 0.796. The molecule has 1 fully saturated rings. The molecule has 2 N–H and O–H groups in total. The Morgan fingerprint density at radius 1 is 1.30 bits per heavy atom. The summed E-state index contributed by atoms with van der Waals surface area (Å²) in [6, 6.07) is 0.184. The molecule has 0 aromatic carbocycles. The molecule has 7 nitrogen and oxygen atoms in total. The third-order valence-electron chi connectivity index (χ3n) is 3.38. The molecule has 1 saturated heterocycles. The minimum Gasteiger partial charge on any atom is -0.344 e. The van der Waals surface area contributed by atoms with E-state index in [-0.39, 0.29) is 22.5 Å². The number of hydrogen-bond acceptors (Lipinski definition) is 6. The highest BCUT2D eigenvalue weighted by atomic mass is 32.1. The number of alkyl halides is 3. The molecule has 0 saturated carbocycles. The van der Waals surface area contributed by atoms with E-state index in [4.69, 9.17) is 0 Å². The second kappa shape index (κ2) is 6.79. The Morgan fingerprint density at radius 2 is 2.00 bits per heavy atom. The molecular formula is C12H16F3N5O2S. The number of halogens is 3. The van der Waals surface area contributed by atoms with Crippen molar-refractivity contribution in [1.29, 1.82) is 0 Å². The number of nitrogens with zero attached hydrogens (tertiary/aromatic N) is 3. The standard InChI is InChI=1S/C12H16F3N5O2S/c1-6(2)20-4-3-7(5-20)16-8(21)9(22)17-11-19-18-10(23-11)12(13,14)15/h6-7H,3-5H2,1-2H3,(H,16,21)(H,17,19,22). The maximum atomic E-state index is 12.4. The van der Waals surface area contributed by atoms with Gasteiger partial charge in [0.1, 0.15) is 0 Å². The van der Waals surface area contributed by atoms with E-state index in [1.165, 1.54) is 0 Å². The Kier molecular flexibility index (Phi) is 5.19. The van der Waals surface area contributed by atoms with E-state index in [0.29, 0.717) is 19.0 Å². The summed E-state index contributed by atoms with van der Waals surface area (Å²) in [5.41, 5.74) is 0. The maximum Gasteiger partial charge on any atom is 0.445 e. The van der Waals surface area contributed by atoms with E-state index in [2.05, 4.69) is 20.4 Å². The average Bonchev–Trinajstić information content (AvgIpc) is 3.07. The predicted octanol–water partition coefficient (Wildman–Crippen LogP) is 1.09. The molecule has 2 rings (SSSR count). The fourth-order valence-corrected chi connectivity index (χ4v) is 2.77. The molecular weight excluding hydrogens is 335 g/mol. The molecule has 128 valence electrons. The van der Waals surface area contributed by atoms with E-state index >= 15 is 0 Å². The van der Waals surface area contributed by atoms with Gasteiger partial charge >= 0.3 is 18.0 Å². The molecule has 1 aromatic heterocycles. The van der Waals surface area contributed by atoms with Gasteiger partial charge in [0.05, 0.1) is 0 Å². The van der Waals surface area contributed by atoms with Gasteiger partial charge in [-0.1, -0.05) is 11.3 Å². The van der Waals surface area contributed by atoms with Crippen LogP contribution in [0.25, 0.3) is 0 Å². The molecule has 2 heterocycles. The van der Waals surface area contributed by atoms with Crippen LogP contribution in [0.4, 0.5) is 18.3 Å². The van der Waals surface area contributed by atoms with Crippen molar-refractivity contribution in [3.63, 3.8) is 0 Å². The van der Waals surface area contributed by atoms with E-state index in [1.54, 1.807) is 0 Å². The van der Waals surface area contributed by atoms with Crippen molar-refractivity contribution in [2.24, 2.45) is 0 Å². The lowest BCUT2D eigenvalue weighted by atomic mass is 10.2. The van der Waals surface area contributed by atoms with Crippen molar-refractivity contribution in [1.82, 2.24) is 20.4 Å². The molecule has 0 radical (unpaired) electrons. The van der Waals surface area contributed by atoms with Crippen LogP contribution in [0.15, 0.2) is 0 Å². The van der Waals surface area contributed by atoms with Crippen molar-refractivity contribution >= 4 is 28.3 Å². The number of aromatic nitrogens is 2. The lowest BCUT2D eigenvalue weighted by molar-refractivity contribution is -0.138. The molecule has 1 aliphatic heterocycles. The molecule has 1 atom stereocenters. The number of carbonyl (C=O) groups excluding carboxylic acids is 2. The Morgan fingerprint density at radius 3 is 2.52 bits per heavy atom. The molecule has 1 aliphatic rings. The third-order valence-corrected chi connectivity index (χ3v) is 4.26. The second-order valence-electron chi connectivity index (χ2n) is 5.41. The highest BCUT2D eigenvalue weighted by Gasteiger charge is 2.36. The summed E-state index contributed by atoms with van der Waals surface area (Å²) in [6.07, 6.45) is -3.92. The molecule has 1 unspecified atom stereocenters. The topological polar surface area (TPSA) is 87.2 Å². The number of hydrogen-bond donors (Lipinski definition) is 2. The van der Waals surface area contributed by atoms with Gasteiger partial charge in [0.25, 0.3) is 0 Å². The minimum absolute atomic E-state index is 0.157. The Balaban J connectivity index is 1.86. The first kappa shape index (κ1) is 17.6. The van der Waals surface area contributed by atoms with Gasteiger partial charge in [-0.2, -0.15) is 13.2 Å². The van der Waals surface area contributed by atoms with Crippen LogP contribution in [0.2, 0.25) is 0 Å². The number of carbonyl (C=O) groups is 2. The van der Waals surface area contributed by atoms with Crippen LogP contribution in [0.5, 0.6) is 0 Å². The summed E-state index contributed by atoms with van der Waals surface area (Å²) < 4.78 is 37.1. The first-order valence-electron chi connectivity index (χ1n) is 6.93. The zero-order chi connectivity index (χ0) is 17.2. The zero-order valence-corrected chi connectivity index (χ0v) is 13.3. The number of amides is 2. The number of anilines is 1. The fraction of sp³-hybridized carbons (Fsp3) is 0.667. The summed E-state index contributed by atoms with van der Waals surface area (Å²) in [5, 5.41) is 9.16. The zero-order valence-electron chi connectivity index (χ0n) is 12.5. The lowest BCUT2D eigenvalue weighted by Crippen LogP contribution is -2.43. The van der Waals surface area contributed by atoms with Crippen molar-refractivity contribution in [2.75, 3.05) is 18.4 Å². The van der Waals surface area contributed by atoms with Crippen molar-refractivity contribution in [3.05, 3.63) is 5.01 Å². The first-order chi connectivity index (χ1) is 10.7. The normalized spacial score (nSPS) is 19.1. The second-order valence-corrected chi connectivity index (χ2v) is 6.39. The summed E-state index contributed by atoms with van der Waals surface area (Å²) in [7, 11) is 0. The summed E-state index contributed by atoms with van der Waals surface area (Å²) >= 11 is 0.165. The summed E-state index contributed by atoms with van der Waals surface area (Å²) in [5.74, 6) is -1.96. The van der Waals surface area contributed by atoms with Gasteiger partial charge in [-0.15, -0.1) is 10.2 Å². The smallest absolute Gasteiger partial charge is 0.344 e. The van der Waals surface area contributed by atoms with Gasteiger partial charge in [-0.3, -0.25) is 19.8 Å². The summed E-state index contributed by atoms with van der Waals surface area (Å²) in [4.78, 5) is 25.6. The van der Waals surface area contributed by atoms with Gasteiger partial charge < -0.3 is 5.32 Å². The Hall–Kier alpha value is -1.75.